The Bertz CT molecular complexity index is 551. The fraction of sp³-hybridized carbons (Fsp3) is 0.583. The minimum absolute atomic E-state index is 0.321. The van der Waals surface area contributed by atoms with Gasteiger partial charge in [-0.2, -0.15) is 24.7 Å². The lowest BCUT2D eigenvalue weighted by Crippen LogP contribution is -2.13. The van der Waals surface area contributed by atoms with Crippen LogP contribution in [0, 0.1) is 5.92 Å². The third-order valence-corrected chi connectivity index (χ3v) is 3.37. The predicted molar refractivity (Wildman–Crippen MR) is 71.7 cm³/mol. The van der Waals surface area contributed by atoms with Crippen molar-refractivity contribution in [3.63, 3.8) is 0 Å². The van der Waals surface area contributed by atoms with E-state index in [9.17, 15) is 0 Å². The van der Waals surface area contributed by atoms with Gasteiger partial charge < -0.3 is 10.1 Å². The van der Waals surface area contributed by atoms with E-state index in [0.717, 1.165) is 0 Å². The van der Waals surface area contributed by atoms with E-state index in [2.05, 4.69) is 30.4 Å². The van der Waals surface area contributed by atoms with Crippen LogP contribution in [0.15, 0.2) is 12.7 Å². The molecular formula is C12H17N7O. The zero-order valence-electron chi connectivity index (χ0n) is 11.4. The van der Waals surface area contributed by atoms with Crippen molar-refractivity contribution in [1.82, 2.24) is 29.7 Å². The second-order valence-corrected chi connectivity index (χ2v) is 4.79. The van der Waals surface area contributed by atoms with Gasteiger partial charge in [0.05, 0.1) is 6.61 Å². The van der Waals surface area contributed by atoms with Gasteiger partial charge in [0, 0.05) is 7.05 Å². The summed E-state index contributed by atoms with van der Waals surface area (Å²) in [5.74, 6) is 1.45. The lowest BCUT2D eigenvalue weighted by Gasteiger charge is -2.11. The van der Waals surface area contributed by atoms with E-state index in [1.807, 2.05) is 0 Å². The molecule has 0 amide bonds. The highest BCUT2D eigenvalue weighted by molar-refractivity contribution is 5.28. The number of rotatable bonds is 5. The van der Waals surface area contributed by atoms with Crippen molar-refractivity contribution in [2.24, 2.45) is 5.92 Å². The standard InChI is InChI=1S/C12H17N7O/c1-13-10-16-11(19-8-14-7-15-19)18-12(17-10)20-6-9-4-2-3-5-9/h7-9H,2-6H2,1H3,(H,13,16,17,18). The topological polar surface area (TPSA) is 90.6 Å². The van der Waals surface area contributed by atoms with Crippen molar-refractivity contribution >= 4 is 5.95 Å². The molecule has 2 heterocycles. The molecule has 1 aliphatic rings. The molecule has 20 heavy (non-hydrogen) atoms. The van der Waals surface area contributed by atoms with Gasteiger partial charge in [-0.25, -0.2) is 4.98 Å². The summed E-state index contributed by atoms with van der Waals surface area (Å²) in [6.07, 6.45) is 7.99. The number of ether oxygens (including phenoxy) is 1. The molecule has 0 unspecified atom stereocenters. The maximum atomic E-state index is 5.71. The first-order valence-corrected chi connectivity index (χ1v) is 6.77. The van der Waals surface area contributed by atoms with E-state index < -0.39 is 0 Å². The maximum Gasteiger partial charge on any atom is 0.323 e. The molecule has 0 atom stereocenters. The highest BCUT2D eigenvalue weighted by atomic mass is 16.5. The zero-order chi connectivity index (χ0) is 13.8. The second-order valence-electron chi connectivity index (χ2n) is 4.79. The third-order valence-electron chi connectivity index (χ3n) is 3.37. The average molecular weight is 275 g/mol. The first-order chi connectivity index (χ1) is 9.85. The van der Waals surface area contributed by atoms with Crippen LogP contribution in [0.4, 0.5) is 5.95 Å². The first-order valence-electron chi connectivity index (χ1n) is 6.77. The molecule has 1 fully saturated rings. The summed E-state index contributed by atoms with van der Waals surface area (Å²) in [5, 5.41) is 6.90. The average Bonchev–Trinajstić information content (AvgIpc) is 3.17. The van der Waals surface area contributed by atoms with Crippen LogP contribution in [0.1, 0.15) is 25.7 Å². The van der Waals surface area contributed by atoms with Gasteiger partial charge in [0.1, 0.15) is 12.7 Å². The Morgan fingerprint density at radius 3 is 2.85 bits per heavy atom. The van der Waals surface area contributed by atoms with E-state index in [4.69, 9.17) is 4.74 Å². The molecule has 0 aliphatic heterocycles. The van der Waals surface area contributed by atoms with Gasteiger partial charge in [-0.15, -0.1) is 0 Å². The zero-order valence-corrected chi connectivity index (χ0v) is 11.4. The van der Waals surface area contributed by atoms with Crippen LogP contribution in [0.2, 0.25) is 0 Å². The van der Waals surface area contributed by atoms with Crippen LogP contribution < -0.4 is 10.1 Å². The minimum Gasteiger partial charge on any atom is -0.463 e. The fourth-order valence-electron chi connectivity index (χ4n) is 2.31. The Morgan fingerprint density at radius 1 is 1.30 bits per heavy atom. The molecule has 2 aromatic heterocycles. The predicted octanol–water partition coefficient (Wildman–Crippen LogP) is 1.06. The van der Waals surface area contributed by atoms with Gasteiger partial charge >= 0.3 is 6.01 Å². The van der Waals surface area contributed by atoms with Gasteiger partial charge in [0.15, 0.2) is 0 Å². The number of nitrogens with zero attached hydrogens (tertiary/aromatic N) is 6. The lowest BCUT2D eigenvalue weighted by molar-refractivity contribution is 0.233. The van der Waals surface area contributed by atoms with Gasteiger partial charge in [0.25, 0.3) is 5.95 Å². The van der Waals surface area contributed by atoms with E-state index in [1.54, 1.807) is 7.05 Å². The highest BCUT2D eigenvalue weighted by Gasteiger charge is 2.17. The summed E-state index contributed by atoms with van der Waals surface area (Å²) in [6.45, 7) is 0.657. The van der Waals surface area contributed by atoms with Gasteiger partial charge in [-0.3, -0.25) is 0 Å². The molecule has 0 radical (unpaired) electrons. The van der Waals surface area contributed by atoms with Crippen molar-refractivity contribution < 1.29 is 4.74 Å². The van der Waals surface area contributed by atoms with Gasteiger partial charge in [0.2, 0.25) is 5.95 Å². The van der Waals surface area contributed by atoms with Crippen LogP contribution in [-0.2, 0) is 0 Å². The quantitative estimate of drug-likeness (QED) is 0.872. The van der Waals surface area contributed by atoms with Crippen molar-refractivity contribution in [3.05, 3.63) is 12.7 Å². The lowest BCUT2D eigenvalue weighted by atomic mass is 10.1. The summed E-state index contributed by atoms with van der Waals surface area (Å²) in [7, 11) is 1.75. The van der Waals surface area contributed by atoms with Crippen LogP contribution in [0.5, 0.6) is 6.01 Å². The fourth-order valence-corrected chi connectivity index (χ4v) is 2.31. The largest absolute Gasteiger partial charge is 0.463 e. The molecule has 0 saturated heterocycles. The number of hydrogen-bond acceptors (Lipinski definition) is 7. The van der Waals surface area contributed by atoms with E-state index in [1.165, 1.54) is 43.0 Å². The van der Waals surface area contributed by atoms with Crippen LogP contribution in [-0.4, -0.2) is 43.4 Å². The minimum atomic E-state index is 0.321. The van der Waals surface area contributed by atoms with Crippen LogP contribution in [0.25, 0.3) is 5.95 Å². The summed E-state index contributed by atoms with van der Waals surface area (Å²) in [6, 6.07) is 0.321. The SMILES string of the molecule is CNc1nc(OCC2CCCC2)nc(-n2cncn2)n1. The van der Waals surface area contributed by atoms with Gasteiger partial charge in [-0.05, 0) is 18.8 Å². The van der Waals surface area contributed by atoms with Crippen molar-refractivity contribution in [2.45, 2.75) is 25.7 Å². The molecule has 1 aliphatic carbocycles. The molecule has 0 aromatic carbocycles. The molecule has 1 saturated carbocycles. The summed E-state index contributed by atoms with van der Waals surface area (Å²) < 4.78 is 7.18. The number of nitrogens with one attached hydrogen (secondary N) is 1. The summed E-state index contributed by atoms with van der Waals surface area (Å²) in [5.41, 5.74) is 0. The van der Waals surface area contributed by atoms with E-state index >= 15 is 0 Å². The molecule has 2 aromatic rings. The number of aromatic nitrogens is 6. The molecule has 8 heteroatoms. The van der Waals surface area contributed by atoms with Crippen molar-refractivity contribution in [1.29, 1.82) is 0 Å². The Hall–Kier alpha value is -2.25. The van der Waals surface area contributed by atoms with Crippen LogP contribution in [0.3, 0.4) is 0 Å². The third kappa shape index (κ3) is 2.84. The van der Waals surface area contributed by atoms with E-state index in [0.29, 0.717) is 30.4 Å². The Kier molecular flexibility index (Phi) is 3.71. The molecule has 106 valence electrons. The molecule has 0 spiro atoms. The Labute approximate surface area is 116 Å². The highest BCUT2D eigenvalue weighted by Crippen LogP contribution is 2.25. The van der Waals surface area contributed by atoms with Gasteiger partial charge in [-0.1, -0.05) is 12.8 Å². The van der Waals surface area contributed by atoms with Crippen molar-refractivity contribution in [3.8, 4) is 12.0 Å². The maximum absolute atomic E-state index is 5.71. The summed E-state index contributed by atoms with van der Waals surface area (Å²) in [4.78, 5) is 16.6. The van der Waals surface area contributed by atoms with Crippen LogP contribution >= 0.6 is 0 Å². The normalized spacial score (nSPS) is 15.4. The first kappa shape index (κ1) is 12.8. The smallest absolute Gasteiger partial charge is 0.323 e. The number of anilines is 1. The Morgan fingerprint density at radius 2 is 2.15 bits per heavy atom. The van der Waals surface area contributed by atoms with Crippen molar-refractivity contribution in [2.75, 3.05) is 19.0 Å². The Balaban J connectivity index is 1.77. The monoisotopic (exact) mass is 275 g/mol. The second kappa shape index (κ2) is 5.81. The van der Waals surface area contributed by atoms with E-state index in [-0.39, 0.29) is 0 Å². The molecule has 8 nitrogen and oxygen atoms in total. The molecule has 3 rings (SSSR count). The molecule has 0 bridgehead atoms. The molecular weight excluding hydrogens is 258 g/mol. The number of hydrogen-bond donors (Lipinski definition) is 1. The summed E-state index contributed by atoms with van der Waals surface area (Å²) >= 11 is 0. The molecule has 1 N–H and O–H groups in total.